The number of hydrogen-bond donors (Lipinski definition) is 0. The van der Waals surface area contributed by atoms with Crippen LogP contribution < -0.4 is 19.6 Å². The van der Waals surface area contributed by atoms with Crippen LogP contribution in [0.5, 0.6) is 0 Å². The van der Waals surface area contributed by atoms with Crippen molar-refractivity contribution in [3.63, 3.8) is 0 Å². The van der Waals surface area contributed by atoms with Gasteiger partial charge in [-0.25, -0.2) is 76.7 Å². The first-order valence-electron chi connectivity index (χ1n) is 40.8. The summed E-state index contributed by atoms with van der Waals surface area (Å²) in [6.45, 7) is 2.38. The van der Waals surface area contributed by atoms with Crippen molar-refractivity contribution in [1.82, 2.24) is 59.7 Å². The molecule has 29 nitrogen and oxygen atoms in total. The van der Waals surface area contributed by atoms with Gasteiger partial charge in [-0.15, -0.1) is 16.4 Å². The zero-order valence-corrected chi connectivity index (χ0v) is 73.4. The zero-order valence-electron chi connectivity index (χ0n) is 68.5. The molecule has 5 aromatic heterocycles. The van der Waals surface area contributed by atoms with E-state index in [-0.39, 0.29) is 201 Å². The van der Waals surface area contributed by atoms with Crippen LogP contribution in [0.25, 0.3) is 0 Å². The molecule has 0 spiro atoms. The molecule has 50 heteroatoms. The Morgan fingerprint density at radius 1 is 0.369 bits per heavy atom. The van der Waals surface area contributed by atoms with E-state index in [4.69, 9.17) is 16.0 Å². The van der Waals surface area contributed by atoms with Gasteiger partial charge < -0.3 is 43.6 Å². The predicted octanol–water partition coefficient (Wildman–Crippen LogP) is 11.6. The first-order chi connectivity index (χ1) is 61.2. The van der Waals surface area contributed by atoms with Gasteiger partial charge in [0.2, 0.25) is 23.6 Å². The fourth-order valence-corrected chi connectivity index (χ4v) is 23.7. The predicted molar refractivity (Wildman–Crippen MR) is 441 cm³/mol. The van der Waals surface area contributed by atoms with Gasteiger partial charge >= 0.3 is 36.6 Å². The number of carbonyl (C=O) groups is 4. The third-order valence-corrected chi connectivity index (χ3v) is 31.8. The Morgan fingerprint density at radius 3 is 1.02 bits per heavy atom. The van der Waals surface area contributed by atoms with Crippen molar-refractivity contribution < 1.29 is 123 Å². The lowest BCUT2D eigenvalue weighted by Gasteiger charge is -2.43. The number of hydrogen-bond acceptors (Lipinski definition) is 26. The number of benzene rings is 3. The van der Waals surface area contributed by atoms with E-state index in [2.05, 4.69) is 40.1 Å². The number of sulfone groups is 4. The summed E-state index contributed by atoms with van der Waals surface area (Å²) in [6.07, 6.45) is -11.6. The van der Waals surface area contributed by atoms with E-state index in [1.54, 1.807) is 59.7 Å². The van der Waals surface area contributed by atoms with E-state index in [0.717, 1.165) is 23.5 Å². The first-order valence-corrected chi connectivity index (χ1v) is 49.3. The molecule has 8 aliphatic heterocycles. The average molecular weight is 1960 g/mol. The molecule has 8 aliphatic rings. The molecule has 4 atom stereocenters. The highest BCUT2D eigenvalue weighted by Crippen LogP contribution is 2.42. The van der Waals surface area contributed by atoms with Crippen LogP contribution in [-0.4, -0.2) is 242 Å². The molecule has 8 aromatic rings. The summed E-state index contributed by atoms with van der Waals surface area (Å²) in [5.74, 6) is -5.35. The second-order valence-corrected chi connectivity index (χ2v) is 43.0. The minimum atomic E-state index is -4.80. The maximum Gasteiger partial charge on any atom is 0.470 e. The molecule has 4 unspecified atom stereocenters. The van der Waals surface area contributed by atoms with Crippen LogP contribution >= 0.6 is 22.9 Å². The maximum atomic E-state index is 14.7. The van der Waals surface area contributed by atoms with Gasteiger partial charge in [0.25, 0.3) is 0 Å². The Balaban J connectivity index is 0.000000148. The van der Waals surface area contributed by atoms with Crippen LogP contribution in [0.15, 0.2) is 127 Å². The SMILES string of the molecule is O=C(C1CCS(=O)(=O)CC1)N1CCN(c2cnc(C(F)(F)F)cn2)CC1c1ccc(Cl)s1.O=C(C1CCS(=O)(=O)CC1)N1CCN(c2cnc(C(F)(F)F)cn2)CC1c1cccc(F)c1.O=C(C1CCS(=O)(=O)CC1)N1CCN(c2cnc(C(F)(F)F)cn2)CC1c1ccccc1F.O=C(C1CCS(=O)(=O)CC1)N1CCN(c2nnc(C(F)(F)F)o2)CC1c1ccccc1F. The standard InChI is InChI=1S/2C21H22F4N4O3S.C19H20ClF3N4O3S2.C19H20F4N4O4S/c22-16-3-1-2-15(10-16)17-13-28(19-12-26-18(11-27-19)21(23,24)25)6-7-29(17)20(30)14-4-8-33(31,32)9-5-14;22-16-4-2-1-3-15(16)17-13-28(19-12-26-18(11-27-19)21(23,24)25)7-8-29(17)20(30)14-5-9-33(31,32)10-6-14;20-16-2-1-14(31-16)13-11-26(17-10-24-15(9-25-17)19(21,22)23)5-6-27(13)18(28)12-3-7-32(29,30)8-4-12;20-14-4-2-1-3-13(14)15-11-26(18-25-24-17(31-18)19(21,22)23)7-8-27(15)16(28)12-5-9-32(29,30)10-6-12/h1-3,10-12,14,17H,4-9,13H2;1-4,11-12,14,17H,5-10,13H2;1-2,9-10,12-13H,3-8,11H2;1-4,12,15H,5-11H2. The second kappa shape index (κ2) is 39.7. The average Bonchev–Trinajstić information content (AvgIpc) is 1.35. The molecule has 0 radical (unpaired) electrons. The van der Waals surface area contributed by atoms with Crippen LogP contribution in [-0.2, 0) is 83.2 Å². The number of aromatic nitrogens is 8. The fourth-order valence-electron chi connectivity index (χ4n) is 16.6. The van der Waals surface area contributed by atoms with E-state index in [1.165, 1.54) is 69.7 Å². The third-order valence-electron chi connectivity index (χ3n) is 23.6. The number of anilines is 4. The van der Waals surface area contributed by atoms with Gasteiger partial charge in [0.1, 0.15) is 74.3 Å². The topological polar surface area (TPSA) is 347 Å². The lowest BCUT2D eigenvalue weighted by Crippen LogP contribution is -2.53. The summed E-state index contributed by atoms with van der Waals surface area (Å²) in [5.41, 5.74) is -2.27. The van der Waals surface area contributed by atoms with Gasteiger partial charge in [0, 0.05) is 118 Å². The van der Waals surface area contributed by atoms with Crippen molar-refractivity contribution in [2.45, 2.75) is 100 Å². The van der Waals surface area contributed by atoms with Crippen LogP contribution in [0.4, 0.5) is 89.3 Å². The molecule has 0 N–H and O–H groups in total. The molecule has 0 bridgehead atoms. The molecule has 4 amide bonds. The normalized spacial score (nSPS) is 22.0. The Bertz CT molecular complexity index is 5800. The Kier molecular flexibility index (Phi) is 29.8. The van der Waals surface area contributed by atoms with E-state index in [1.807, 2.05) is 6.07 Å². The van der Waals surface area contributed by atoms with Gasteiger partial charge in [-0.2, -0.15) is 52.7 Å². The van der Waals surface area contributed by atoms with E-state index < -0.39 is 140 Å². The largest absolute Gasteiger partial charge is 0.470 e. The Morgan fingerprint density at radius 2 is 0.700 bits per heavy atom. The minimum Gasteiger partial charge on any atom is -0.399 e. The second-order valence-electron chi connectivity index (χ2n) is 32.1. The molecule has 13 heterocycles. The van der Waals surface area contributed by atoms with E-state index in [9.17, 15) is 119 Å². The van der Waals surface area contributed by atoms with Crippen molar-refractivity contribution in [2.24, 2.45) is 23.7 Å². The van der Waals surface area contributed by atoms with Gasteiger partial charge in [0.15, 0.2) is 17.1 Å². The molecule has 8 saturated heterocycles. The monoisotopic (exact) mass is 1960 g/mol. The number of piperazine rings is 4. The summed E-state index contributed by atoms with van der Waals surface area (Å²) in [4.78, 5) is 88.9. The van der Waals surface area contributed by atoms with Crippen LogP contribution in [0, 0.1) is 41.1 Å². The van der Waals surface area contributed by atoms with Gasteiger partial charge in [-0.1, -0.05) is 65.2 Å². The molecule has 3 aromatic carbocycles. The van der Waals surface area contributed by atoms with Crippen molar-refractivity contribution >= 4 is 109 Å². The maximum absolute atomic E-state index is 14.7. The third kappa shape index (κ3) is 24.2. The number of thiophene rings is 1. The van der Waals surface area contributed by atoms with Crippen LogP contribution in [0.2, 0.25) is 4.34 Å². The number of alkyl halides is 12. The van der Waals surface area contributed by atoms with Crippen molar-refractivity contribution in [3.8, 4) is 0 Å². The van der Waals surface area contributed by atoms with E-state index in [0.29, 0.717) is 73.3 Å². The molecule has 130 heavy (non-hydrogen) atoms. The van der Waals surface area contributed by atoms with Crippen LogP contribution in [0.3, 0.4) is 0 Å². The highest BCUT2D eigenvalue weighted by atomic mass is 35.5. The fraction of sp³-hybridized carbons (Fsp3) is 0.500. The molecule has 16 rings (SSSR count). The summed E-state index contributed by atoms with van der Waals surface area (Å²) in [5, 5.41) is 6.48. The molecular formula is C80H84ClF15N16O13S5. The van der Waals surface area contributed by atoms with E-state index >= 15 is 0 Å². The van der Waals surface area contributed by atoms with Gasteiger partial charge in [-0.05, 0) is 93.3 Å². The summed E-state index contributed by atoms with van der Waals surface area (Å²) in [7, 11) is -12.5. The highest BCUT2D eigenvalue weighted by molar-refractivity contribution is 7.92. The number of nitrogens with zero attached hydrogens (tertiary/aromatic N) is 16. The van der Waals surface area contributed by atoms with Gasteiger partial charge in [-0.3, -0.25) is 19.2 Å². The Hall–Kier alpha value is -10.1. The molecule has 704 valence electrons. The van der Waals surface area contributed by atoms with Gasteiger partial charge in [0.05, 0.1) is 112 Å². The Labute approximate surface area is 744 Å². The number of rotatable bonds is 12. The van der Waals surface area contributed by atoms with Crippen LogP contribution in [0.1, 0.15) is 120 Å². The number of carbonyl (C=O) groups excluding carboxylic acids is 4. The summed E-state index contributed by atoms with van der Waals surface area (Å²) in [6, 6.07) is 18.3. The molecule has 8 fully saturated rings. The number of halogens is 16. The lowest BCUT2D eigenvalue weighted by atomic mass is 9.96. The smallest absolute Gasteiger partial charge is 0.399 e. The van der Waals surface area contributed by atoms with Crippen molar-refractivity contribution in [3.05, 3.63) is 188 Å². The minimum absolute atomic E-state index is 0.0000119. The summed E-state index contributed by atoms with van der Waals surface area (Å²) >= 11 is 7.44. The first kappa shape index (κ1) is 97.4. The molecular weight excluding hydrogens is 1870 g/mol. The highest BCUT2D eigenvalue weighted by Gasteiger charge is 2.47. The summed E-state index contributed by atoms with van der Waals surface area (Å²) < 4.78 is 296. The quantitative estimate of drug-likeness (QED) is 0.103. The number of amides is 4. The lowest BCUT2D eigenvalue weighted by molar-refractivity contribution is -0.157. The molecule has 0 saturated carbocycles. The van der Waals surface area contributed by atoms with Crippen molar-refractivity contribution in [2.75, 3.05) is 144 Å². The molecule has 0 aliphatic carbocycles. The van der Waals surface area contributed by atoms with Crippen molar-refractivity contribution in [1.29, 1.82) is 0 Å². The zero-order chi connectivity index (χ0) is 93.8.